The van der Waals surface area contributed by atoms with Crippen LogP contribution in [-0.2, 0) is 6.54 Å². The van der Waals surface area contributed by atoms with Gasteiger partial charge < -0.3 is 14.1 Å². The van der Waals surface area contributed by atoms with Crippen LogP contribution >= 0.6 is 0 Å². The summed E-state index contributed by atoms with van der Waals surface area (Å²) < 4.78 is 21.0. The van der Waals surface area contributed by atoms with Crippen molar-refractivity contribution in [3.63, 3.8) is 0 Å². The number of benzene rings is 1. The summed E-state index contributed by atoms with van der Waals surface area (Å²) in [5, 5.41) is 10.8. The van der Waals surface area contributed by atoms with Gasteiger partial charge in [-0.15, -0.1) is 0 Å². The molecule has 1 saturated heterocycles. The summed E-state index contributed by atoms with van der Waals surface area (Å²) in [5.41, 5.74) is 1.32. The van der Waals surface area contributed by atoms with Gasteiger partial charge in [0.15, 0.2) is 0 Å². The molecule has 1 N–H and O–H groups in total. The van der Waals surface area contributed by atoms with Crippen molar-refractivity contribution >= 4 is 0 Å². The third-order valence-electron chi connectivity index (χ3n) is 5.61. The van der Waals surface area contributed by atoms with E-state index in [0.29, 0.717) is 17.0 Å². The van der Waals surface area contributed by atoms with Crippen molar-refractivity contribution in [2.24, 2.45) is 0 Å². The first-order valence-electron chi connectivity index (χ1n) is 10.00. The molecule has 1 aliphatic rings. The molecule has 5 nitrogen and oxygen atoms in total. The third-order valence-corrected chi connectivity index (χ3v) is 5.61. The van der Waals surface area contributed by atoms with Crippen molar-refractivity contribution in [2.45, 2.75) is 38.8 Å². The highest BCUT2D eigenvalue weighted by Gasteiger charge is 2.30. The molecule has 3 aromatic rings. The summed E-state index contributed by atoms with van der Waals surface area (Å²) >= 11 is 0. The molecule has 0 bridgehead atoms. The molecule has 6 heteroatoms. The summed E-state index contributed by atoms with van der Waals surface area (Å²) in [6.45, 7) is 3.66. The number of aromatic hydroxyl groups is 1. The van der Waals surface area contributed by atoms with Crippen LogP contribution in [0, 0.1) is 12.7 Å². The molecule has 3 heterocycles. The Labute approximate surface area is 169 Å². The Morgan fingerprint density at radius 1 is 1.14 bits per heavy atom. The Kier molecular flexibility index (Phi) is 5.53. The van der Waals surface area contributed by atoms with Crippen LogP contribution in [0.5, 0.6) is 5.75 Å². The Balaban J connectivity index is 1.86. The molecule has 1 atom stereocenters. The second kappa shape index (κ2) is 8.25. The van der Waals surface area contributed by atoms with E-state index in [1.54, 1.807) is 36.0 Å². The van der Waals surface area contributed by atoms with Crippen LogP contribution in [0.3, 0.4) is 0 Å². The van der Waals surface area contributed by atoms with E-state index in [-0.39, 0.29) is 29.2 Å². The summed E-state index contributed by atoms with van der Waals surface area (Å²) in [4.78, 5) is 15.7. The number of piperidine rings is 1. The first-order chi connectivity index (χ1) is 14.0. The van der Waals surface area contributed by atoms with Gasteiger partial charge in [-0.05, 0) is 68.8 Å². The van der Waals surface area contributed by atoms with E-state index in [1.165, 1.54) is 12.1 Å². The molecule has 1 unspecified atom stereocenters. The average molecular weight is 396 g/mol. The van der Waals surface area contributed by atoms with Crippen molar-refractivity contribution in [1.82, 2.24) is 9.47 Å². The molecule has 0 spiro atoms. The minimum Gasteiger partial charge on any atom is -0.507 e. The number of nitrogens with zero attached hydrogens (tertiary/aromatic N) is 2. The van der Waals surface area contributed by atoms with Gasteiger partial charge in [0.1, 0.15) is 17.3 Å². The fourth-order valence-electron chi connectivity index (χ4n) is 4.19. The summed E-state index contributed by atoms with van der Waals surface area (Å²) in [7, 11) is 0. The molecule has 4 rings (SSSR count). The highest BCUT2D eigenvalue weighted by atomic mass is 19.1. The zero-order valence-electron chi connectivity index (χ0n) is 16.5. The Morgan fingerprint density at radius 3 is 2.62 bits per heavy atom. The molecule has 0 aliphatic carbocycles. The lowest BCUT2D eigenvalue weighted by atomic mass is 9.94. The van der Waals surface area contributed by atoms with Gasteiger partial charge in [-0.2, -0.15) is 0 Å². The van der Waals surface area contributed by atoms with Gasteiger partial charge in [-0.1, -0.05) is 18.6 Å². The summed E-state index contributed by atoms with van der Waals surface area (Å²) in [5.74, 6) is 0.252. The predicted octanol–water partition coefficient (Wildman–Crippen LogP) is 4.22. The smallest absolute Gasteiger partial charge is 0.260 e. The molecule has 29 heavy (non-hydrogen) atoms. The quantitative estimate of drug-likeness (QED) is 0.702. The number of aromatic nitrogens is 1. The second-order valence-electron chi connectivity index (χ2n) is 7.61. The van der Waals surface area contributed by atoms with E-state index < -0.39 is 6.04 Å². The number of hydrogen-bond acceptors (Lipinski definition) is 4. The van der Waals surface area contributed by atoms with E-state index in [9.17, 15) is 14.3 Å². The number of pyridine rings is 1. The van der Waals surface area contributed by atoms with Crippen molar-refractivity contribution in [3.8, 4) is 5.75 Å². The van der Waals surface area contributed by atoms with Crippen molar-refractivity contribution in [3.05, 3.63) is 87.5 Å². The Hall–Kier alpha value is -2.86. The predicted molar refractivity (Wildman–Crippen MR) is 109 cm³/mol. The number of hydrogen-bond donors (Lipinski definition) is 1. The molecule has 152 valence electrons. The molecule has 1 aromatic carbocycles. The van der Waals surface area contributed by atoms with Crippen LogP contribution in [0.1, 0.15) is 47.9 Å². The SMILES string of the molecule is Cc1cc(O)c(C(c2cccc(F)c2)N2CCCCC2)c(=O)n1Cc1ccco1. The van der Waals surface area contributed by atoms with Crippen LogP contribution in [0.25, 0.3) is 0 Å². The highest BCUT2D eigenvalue weighted by Crippen LogP contribution is 2.34. The molecular weight excluding hydrogens is 371 g/mol. The molecule has 0 radical (unpaired) electrons. The lowest BCUT2D eigenvalue weighted by molar-refractivity contribution is 0.183. The fourth-order valence-corrected chi connectivity index (χ4v) is 4.19. The number of halogens is 1. The molecule has 1 aliphatic heterocycles. The number of likely N-dealkylation sites (tertiary alicyclic amines) is 1. The van der Waals surface area contributed by atoms with Crippen molar-refractivity contribution in [1.29, 1.82) is 0 Å². The van der Waals surface area contributed by atoms with Gasteiger partial charge in [0, 0.05) is 5.69 Å². The zero-order chi connectivity index (χ0) is 20.4. The number of rotatable bonds is 5. The lowest BCUT2D eigenvalue weighted by Gasteiger charge is -2.35. The average Bonchev–Trinajstić information content (AvgIpc) is 3.22. The standard InChI is InChI=1S/C23H25FN2O3/c1-16-13-20(27)21(23(28)26(16)15-19-9-6-12-29-19)22(25-10-3-2-4-11-25)17-7-5-8-18(24)14-17/h5-9,12-14,22,27H,2-4,10-11,15H2,1H3. The van der Waals surface area contributed by atoms with Crippen LogP contribution < -0.4 is 5.56 Å². The fraction of sp³-hybridized carbons (Fsp3) is 0.348. The van der Waals surface area contributed by atoms with Crippen LogP contribution in [0.2, 0.25) is 0 Å². The van der Waals surface area contributed by atoms with E-state index in [4.69, 9.17) is 4.42 Å². The molecule has 0 saturated carbocycles. The van der Waals surface area contributed by atoms with E-state index in [0.717, 1.165) is 32.4 Å². The third kappa shape index (κ3) is 3.98. The summed E-state index contributed by atoms with van der Waals surface area (Å²) in [6, 6.07) is 11.0. The zero-order valence-corrected chi connectivity index (χ0v) is 16.5. The van der Waals surface area contributed by atoms with E-state index in [1.807, 2.05) is 12.1 Å². The normalized spacial score (nSPS) is 16.1. The van der Waals surface area contributed by atoms with Crippen molar-refractivity contribution in [2.75, 3.05) is 13.1 Å². The molecular formula is C23H25FN2O3. The van der Waals surface area contributed by atoms with Gasteiger partial charge >= 0.3 is 0 Å². The number of aryl methyl sites for hydroxylation is 1. The van der Waals surface area contributed by atoms with Gasteiger partial charge in [-0.25, -0.2) is 4.39 Å². The maximum absolute atomic E-state index is 14.0. The van der Waals surface area contributed by atoms with Crippen LogP contribution in [0.15, 0.2) is 57.9 Å². The van der Waals surface area contributed by atoms with Gasteiger partial charge in [0.25, 0.3) is 5.56 Å². The lowest BCUT2D eigenvalue weighted by Crippen LogP contribution is -2.38. The first-order valence-corrected chi connectivity index (χ1v) is 10.00. The first kappa shape index (κ1) is 19.5. The van der Waals surface area contributed by atoms with E-state index in [2.05, 4.69) is 4.90 Å². The van der Waals surface area contributed by atoms with Gasteiger partial charge in [0.05, 0.1) is 24.4 Å². The minimum atomic E-state index is -0.498. The largest absolute Gasteiger partial charge is 0.507 e. The Bertz CT molecular complexity index is 1040. The highest BCUT2D eigenvalue weighted by molar-refractivity contribution is 5.41. The molecule has 0 amide bonds. The summed E-state index contributed by atoms with van der Waals surface area (Å²) in [6.07, 6.45) is 4.73. The monoisotopic (exact) mass is 396 g/mol. The van der Waals surface area contributed by atoms with Crippen LogP contribution in [0.4, 0.5) is 4.39 Å². The maximum Gasteiger partial charge on any atom is 0.260 e. The number of furan rings is 1. The maximum atomic E-state index is 14.0. The Morgan fingerprint density at radius 2 is 1.93 bits per heavy atom. The van der Waals surface area contributed by atoms with Gasteiger partial charge in [0.2, 0.25) is 0 Å². The second-order valence-corrected chi connectivity index (χ2v) is 7.61. The van der Waals surface area contributed by atoms with E-state index >= 15 is 0 Å². The topological polar surface area (TPSA) is 58.6 Å². The molecule has 1 fully saturated rings. The minimum absolute atomic E-state index is 0.0528. The van der Waals surface area contributed by atoms with Crippen LogP contribution in [-0.4, -0.2) is 27.7 Å². The van der Waals surface area contributed by atoms with Gasteiger partial charge in [-0.3, -0.25) is 9.69 Å². The molecule has 2 aromatic heterocycles. The van der Waals surface area contributed by atoms with Crippen molar-refractivity contribution < 1.29 is 13.9 Å².